The predicted molar refractivity (Wildman–Crippen MR) is 94.6 cm³/mol. The van der Waals surface area contributed by atoms with Crippen LogP contribution < -0.4 is 0 Å². The van der Waals surface area contributed by atoms with Crippen molar-refractivity contribution in [1.82, 2.24) is 0 Å². The summed E-state index contributed by atoms with van der Waals surface area (Å²) in [4.78, 5) is 5.98. The quantitative estimate of drug-likeness (QED) is 0.734. The summed E-state index contributed by atoms with van der Waals surface area (Å²) in [5, 5.41) is 4.48. The molecule has 0 unspecified atom stereocenters. The fraction of sp³-hybridized carbons (Fsp3) is 0.500. The van der Waals surface area contributed by atoms with Crippen molar-refractivity contribution in [2.24, 2.45) is 34.7 Å². The number of allylic oxidation sites excluding steroid dienone is 1. The highest BCUT2D eigenvalue weighted by Gasteiger charge is 2.49. The van der Waals surface area contributed by atoms with Crippen molar-refractivity contribution in [3.05, 3.63) is 59.2 Å². The molecule has 1 aliphatic heterocycles. The lowest BCUT2D eigenvalue weighted by atomic mass is 9.53. The minimum atomic E-state index is 0.146. The van der Waals surface area contributed by atoms with Crippen molar-refractivity contribution in [1.29, 1.82) is 0 Å². The SMILES string of the molecule is C1=C[C@@H]2C(c3ccccc3)=NO[C@@H]2C1=C1C2CC3CC(C2)CC1C3. The second-order valence-electron chi connectivity index (χ2n) is 8.47. The average molecular weight is 317 g/mol. The zero-order chi connectivity index (χ0) is 15.7. The maximum absolute atomic E-state index is 5.98. The van der Waals surface area contributed by atoms with Crippen molar-refractivity contribution in [3.63, 3.8) is 0 Å². The highest BCUT2D eigenvalue weighted by Crippen LogP contribution is 2.58. The minimum absolute atomic E-state index is 0.146. The van der Waals surface area contributed by atoms with Crippen LogP contribution >= 0.6 is 0 Å². The Bertz CT molecular complexity index is 742. The molecule has 2 heteroatoms. The van der Waals surface area contributed by atoms with Crippen molar-refractivity contribution in [3.8, 4) is 0 Å². The van der Waals surface area contributed by atoms with Crippen LogP contribution in [0.15, 0.2) is 58.8 Å². The van der Waals surface area contributed by atoms with E-state index in [-0.39, 0.29) is 6.10 Å². The van der Waals surface area contributed by atoms with E-state index in [9.17, 15) is 0 Å². The molecule has 2 atom stereocenters. The van der Waals surface area contributed by atoms with Crippen LogP contribution in [0.4, 0.5) is 0 Å². The Balaban J connectivity index is 1.36. The Morgan fingerprint density at radius 3 is 2.29 bits per heavy atom. The molecule has 0 radical (unpaired) electrons. The van der Waals surface area contributed by atoms with Crippen molar-refractivity contribution in [2.45, 2.75) is 38.2 Å². The van der Waals surface area contributed by atoms with Gasteiger partial charge in [0, 0.05) is 5.56 Å². The smallest absolute Gasteiger partial charge is 0.164 e. The minimum Gasteiger partial charge on any atom is -0.386 e. The third kappa shape index (κ3) is 1.80. The zero-order valence-corrected chi connectivity index (χ0v) is 13.9. The molecule has 6 aliphatic rings. The van der Waals surface area contributed by atoms with Gasteiger partial charge in [0.05, 0.1) is 11.6 Å². The molecule has 0 spiro atoms. The summed E-state index contributed by atoms with van der Waals surface area (Å²) >= 11 is 0. The first-order valence-corrected chi connectivity index (χ1v) is 9.58. The molecular weight excluding hydrogens is 294 g/mol. The van der Waals surface area contributed by atoms with Crippen LogP contribution in [-0.2, 0) is 4.84 Å². The number of oxime groups is 1. The van der Waals surface area contributed by atoms with E-state index in [1.165, 1.54) is 43.2 Å². The maximum atomic E-state index is 5.98. The van der Waals surface area contributed by atoms with Gasteiger partial charge in [-0.2, -0.15) is 0 Å². The van der Waals surface area contributed by atoms with Gasteiger partial charge in [0.1, 0.15) is 0 Å². The summed E-state index contributed by atoms with van der Waals surface area (Å²) in [6.07, 6.45) is 12.1. The van der Waals surface area contributed by atoms with Crippen LogP contribution in [0, 0.1) is 29.6 Å². The lowest BCUT2D eigenvalue weighted by Gasteiger charge is -2.52. The second-order valence-corrected chi connectivity index (χ2v) is 8.47. The second kappa shape index (κ2) is 4.84. The molecule has 1 heterocycles. The van der Waals surface area contributed by atoms with Gasteiger partial charge >= 0.3 is 0 Å². The van der Waals surface area contributed by atoms with E-state index in [1.54, 1.807) is 5.57 Å². The molecule has 2 nitrogen and oxygen atoms in total. The van der Waals surface area contributed by atoms with Crippen LogP contribution in [0.3, 0.4) is 0 Å². The molecule has 1 aromatic carbocycles. The fourth-order valence-electron chi connectivity index (χ4n) is 6.41. The summed E-state index contributed by atoms with van der Waals surface area (Å²) in [7, 11) is 0. The van der Waals surface area contributed by atoms with Gasteiger partial charge in [-0.1, -0.05) is 53.2 Å². The van der Waals surface area contributed by atoms with Gasteiger partial charge in [0.2, 0.25) is 0 Å². The molecule has 0 amide bonds. The third-order valence-corrected chi connectivity index (χ3v) is 7.12. The number of nitrogens with zero attached hydrogens (tertiary/aromatic N) is 1. The predicted octanol–water partition coefficient (Wildman–Crippen LogP) is 4.73. The molecule has 4 fully saturated rings. The molecule has 7 rings (SSSR count). The Labute approximate surface area is 143 Å². The standard InChI is InChI=1S/C22H23NO/c1-2-4-15(5-3-1)21-19-7-6-18(22(19)24-23-21)20-16-9-13-8-14(11-16)12-17(20)10-13/h1-7,13-14,16-17,19,22H,8-12H2/t13?,14?,16?,17?,19-,22-/m1/s1. The topological polar surface area (TPSA) is 21.6 Å². The molecule has 122 valence electrons. The van der Waals surface area contributed by atoms with Gasteiger partial charge in [-0.3, -0.25) is 0 Å². The third-order valence-electron chi connectivity index (χ3n) is 7.12. The Kier molecular flexibility index (Phi) is 2.72. The van der Waals surface area contributed by atoms with Crippen LogP contribution in [0.2, 0.25) is 0 Å². The van der Waals surface area contributed by atoms with Gasteiger partial charge in [-0.25, -0.2) is 0 Å². The van der Waals surface area contributed by atoms with Gasteiger partial charge in [-0.05, 0) is 61.3 Å². The van der Waals surface area contributed by atoms with Crippen LogP contribution in [0.25, 0.3) is 0 Å². The first-order valence-electron chi connectivity index (χ1n) is 9.58. The average Bonchev–Trinajstić information content (AvgIpc) is 3.17. The van der Waals surface area contributed by atoms with Crippen LogP contribution in [-0.4, -0.2) is 11.8 Å². The summed E-state index contributed by atoms with van der Waals surface area (Å²) < 4.78 is 0. The molecule has 24 heavy (non-hydrogen) atoms. The number of fused-ring (bicyclic) bond motifs is 1. The lowest BCUT2D eigenvalue weighted by Crippen LogP contribution is -2.41. The van der Waals surface area contributed by atoms with E-state index in [1.807, 2.05) is 0 Å². The Morgan fingerprint density at radius 1 is 0.875 bits per heavy atom. The van der Waals surface area contributed by atoms with E-state index in [0.29, 0.717) is 5.92 Å². The molecule has 5 aliphatic carbocycles. The van der Waals surface area contributed by atoms with E-state index in [2.05, 4.69) is 47.6 Å². The monoisotopic (exact) mass is 317 g/mol. The van der Waals surface area contributed by atoms with Gasteiger partial charge in [0.15, 0.2) is 6.10 Å². The highest BCUT2D eigenvalue weighted by molar-refractivity contribution is 6.05. The molecular formula is C22H23NO. The van der Waals surface area contributed by atoms with E-state index >= 15 is 0 Å². The highest BCUT2D eigenvalue weighted by atomic mass is 16.6. The summed E-state index contributed by atoms with van der Waals surface area (Å²) in [6.45, 7) is 0. The molecule has 0 N–H and O–H groups in total. The Hall–Kier alpha value is -1.83. The first kappa shape index (κ1) is 13.5. The van der Waals surface area contributed by atoms with E-state index in [0.717, 1.165) is 29.4 Å². The lowest BCUT2D eigenvalue weighted by molar-refractivity contribution is 0.0605. The molecule has 1 aromatic rings. The van der Waals surface area contributed by atoms with Crippen molar-refractivity contribution < 1.29 is 4.84 Å². The molecule has 4 bridgehead atoms. The molecule has 0 saturated heterocycles. The number of hydrogen-bond acceptors (Lipinski definition) is 2. The normalized spacial score (nSPS) is 41.6. The number of hydrogen-bond donors (Lipinski definition) is 0. The summed E-state index contributed by atoms with van der Waals surface area (Å²) in [5.74, 6) is 4.01. The fourth-order valence-corrected chi connectivity index (χ4v) is 6.41. The van der Waals surface area contributed by atoms with E-state index in [4.69, 9.17) is 4.84 Å². The number of rotatable bonds is 1. The van der Waals surface area contributed by atoms with E-state index < -0.39 is 0 Å². The Morgan fingerprint density at radius 2 is 1.58 bits per heavy atom. The molecule has 4 saturated carbocycles. The first-order chi connectivity index (χ1) is 11.9. The van der Waals surface area contributed by atoms with Crippen LogP contribution in [0.1, 0.15) is 37.7 Å². The van der Waals surface area contributed by atoms with Crippen LogP contribution in [0.5, 0.6) is 0 Å². The summed E-state index contributed by atoms with van der Waals surface area (Å²) in [6, 6.07) is 10.5. The van der Waals surface area contributed by atoms with Gasteiger partial charge in [0.25, 0.3) is 0 Å². The van der Waals surface area contributed by atoms with Crippen molar-refractivity contribution >= 4 is 5.71 Å². The largest absolute Gasteiger partial charge is 0.386 e. The van der Waals surface area contributed by atoms with Gasteiger partial charge in [-0.15, -0.1) is 0 Å². The van der Waals surface area contributed by atoms with Crippen molar-refractivity contribution in [2.75, 3.05) is 0 Å². The molecule has 0 aromatic heterocycles. The summed E-state index contributed by atoms with van der Waals surface area (Å²) in [5.41, 5.74) is 5.56. The maximum Gasteiger partial charge on any atom is 0.164 e. The number of benzene rings is 1. The zero-order valence-electron chi connectivity index (χ0n) is 13.9. The van der Waals surface area contributed by atoms with Gasteiger partial charge < -0.3 is 4.84 Å².